The third kappa shape index (κ3) is 2.14. The van der Waals surface area contributed by atoms with Crippen LogP contribution in [0.4, 0.5) is 0 Å². The van der Waals surface area contributed by atoms with Gasteiger partial charge in [-0.05, 0) is 31.4 Å². The van der Waals surface area contributed by atoms with E-state index in [0.29, 0.717) is 17.7 Å². The lowest BCUT2D eigenvalue weighted by Gasteiger charge is -2.15. The van der Waals surface area contributed by atoms with Crippen LogP contribution in [0.2, 0.25) is 0 Å². The van der Waals surface area contributed by atoms with Crippen molar-refractivity contribution in [1.29, 1.82) is 0 Å². The molecule has 98 valence electrons. The first-order chi connectivity index (χ1) is 8.74. The van der Waals surface area contributed by atoms with E-state index in [2.05, 4.69) is 10.4 Å². The van der Waals surface area contributed by atoms with Gasteiger partial charge in [0.25, 0.3) is 5.91 Å². The average molecular weight is 248 g/mol. The third-order valence-corrected chi connectivity index (χ3v) is 4.07. The number of nitrogens with zero attached hydrogens (tertiary/aromatic N) is 3. The first kappa shape index (κ1) is 11.7. The number of aryl methyl sites for hydroxylation is 1. The normalized spacial score (nSPS) is 27.9. The highest BCUT2D eigenvalue weighted by Crippen LogP contribution is 2.25. The van der Waals surface area contributed by atoms with Crippen LogP contribution in [0.5, 0.6) is 0 Å². The van der Waals surface area contributed by atoms with Crippen LogP contribution >= 0.6 is 0 Å². The Bertz CT molecular complexity index is 428. The smallest absolute Gasteiger partial charge is 0.274 e. The molecule has 3 rings (SSSR count). The van der Waals surface area contributed by atoms with Crippen molar-refractivity contribution >= 4 is 5.91 Å². The zero-order chi connectivity index (χ0) is 12.5. The number of amides is 1. The molecule has 1 N–H and O–H groups in total. The number of carbonyl (C=O) groups is 1. The number of hydrogen-bond acceptors (Lipinski definition) is 3. The molecule has 1 aromatic heterocycles. The van der Waals surface area contributed by atoms with Gasteiger partial charge in [0, 0.05) is 32.4 Å². The highest BCUT2D eigenvalue weighted by atomic mass is 16.2. The Labute approximate surface area is 107 Å². The Hall–Kier alpha value is -1.36. The van der Waals surface area contributed by atoms with E-state index in [1.807, 2.05) is 18.1 Å². The maximum absolute atomic E-state index is 12.3. The molecule has 5 nitrogen and oxygen atoms in total. The largest absolute Gasteiger partial charge is 0.335 e. The molecule has 5 heteroatoms. The van der Waals surface area contributed by atoms with Crippen molar-refractivity contribution in [3.8, 4) is 0 Å². The number of nitrogens with one attached hydrogen (secondary N) is 1. The van der Waals surface area contributed by atoms with Crippen molar-refractivity contribution in [1.82, 2.24) is 20.0 Å². The van der Waals surface area contributed by atoms with Crippen LogP contribution in [0.1, 0.15) is 29.8 Å². The molecule has 1 aromatic rings. The summed E-state index contributed by atoms with van der Waals surface area (Å²) in [7, 11) is 1.84. The molecule has 0 radical (unpaired) electrons. The van der Waals surface area contributed by atoms with Crippen LogP contribution in [-0.4, -0.2) is 46.3 Å². The van der Waals surface area contributed by atoms with E-state index in [9.17, 15) is 4.79 Å². The van der Waals surface area contributed by atoms with Gasteiger partial charge < -0.3 is 10.2 Å². The molecule has 2 aliphatic heterocycles. The second kappa shape index (κ2) is 4.72. The molecule has 2 atom stereocenters. The molecule has 1 amide bonds. The highest BCUT2D eigenvalue weighted by molar-refractivity contribution is 5.92. The summed E-state index contributed by atoms with van der Waals surface area (Å²) in [5.41, 5.74) is 0.564. The summed E-state index contributed by atoms with van der Waals surface area (Å²) < 4.78 is 1.68. The van der Waals surface area contributed by atoms with Crippen molar-refractivity contribution in [3.05, 3.63) is 18.0 Å². The van der Waals surface area contributed by atoms with Gasteiger partial charge >= 0.3 is 0 Å². The topological polar surface area (TPSA) is 50.2 Å². The van der Waals surface area contributed by atoms with Crippen LogP contribution in [-0.2, 0) is 7.05 Å². The number of hydrogen-bond donors (Lipinski definition) is 1. The number of carbonyl (C=O) groups excluding carboxylic acids is 1. The maximum atomic E-state index is 12.3. The summed E-state index contributed by atoms with van der Waals surface area (Å²) in [6.07, 6.45) is 5.60. The molecule has 18 heavy (non-hydrogen) atoms. The van der Waals surface area contributed by atoms with Crippen molar-refractivity contribution in [2.45, 2.75) is 25.3 Å². The second-order valence-corrected chi connectivity index (χ2v) is 5.40. The molecule has 0 spiro atoms. The molecule has 0 saturated carbocycles. The molecule has 2 saturated heterocycles. The third-order valence-electron chi connectivity index (χ3n) is 4.07. The summed E-state index contributed by atoms with van der Waals surface area (Å²) in [5.74, 6) is 0.700. The fourth-order valence-electron chi connectivity index (χ4n) is 3.07. The number of fused-ring (bicyclic) bond motifs is 1. The van der Waals surface area contributed by atoms with Gasteiger partial charge in [-0.3, -0.25) is 9.48 Å². The first-order valence-electron chi connectivity index (χ1n) is 6.76. The van der Waals surface area contributed by atoms with Gasteiger partial charge in [0.05, 0.1) is 0 Å². The molecule has 0 aromatic carbocycles. The van der Waals surface area contributed by atoms with E-state index in [0.717, 1.165) is 19.6 Å². The lowest BCUT2D eigenvalue weighted by molar-refractivity contribution is 0.0777. The van der Waals surface area contributed by atoms with Gasteiger partial charge in [-0.25, -0.2) is 0 Å². The molecule has 2 aliphatic rings. The Morgan fingerprint density at radius 3 is 3.11 bits per heavy atom. The molecule has 2 fully saturated rings. The molecular formula is C13H20N4O. The monoisotopic (exact) mass is 248 g/mol. The summed E-state index contributed by atoms with van der Waals surface area (Å²) in [6, 6.07) is 2.28. The lowest BCUT2D eigenvalue weighted by atomic mass is 9.99. The maximum Gasteiger partial charge on any atom is 0.274 e. The summed E-state index contributed by atoms with van der Waals surface area (Å²) in [5, 5.41) is 7.76. The fraction of sp³-hybridized carbons (Fsp3) is 0.692. The lowest BCUT2D eigenvalue weighted by Crippen LogP contribution is -2.36. The van der Waals surface area contributed by atoms with E-state index >= 15 is 0 Å². The minimum Gasteiger partial charge on any atom is -0.335 e. The number of aromatic nitrogens is 2. The van der Waals surface area contributed by atoms with Gasteiger partial charge in [0.1, 0.15) is 5.69 Å². The van der Waals surface area contributed by atoms with Gasteiger partial charge in [-0.2, -0.15) is 5.10 Å². The zero-order valence-electron chi connectivity index (χ0n) is 10.8. The summed E-state index contributed by atoms with van der Waals surface area (Å²) in [6.45, 7) is 2.81. The minimum absolute atomic E-state index is 0.0745. The zero-order valence-corrected chi connectivity index (χ0v) is 10.8. The summed E-state index contributed by atoms with van der Waals surface area (Å²) in [4.78, 5) is 14.3. The fourth-order valence-corrected chi connectivity index (χ4v) is 3.07. The van der Waals surface area contributed by atoms with E-state index in [-0.39, 0.29) is 5.91 Å². The highest BCUT2D eigenvalue weighted by Gasteiger charge is 2.36. The molecule has 0 aliphatic carbocycles. The molecule has 0 bridgehead atoms. The average Bonchev–Trinajstić information content (AvgIpc) is 2.90. The Morgan fingerprint density at radius 2 is 2.33 bits per heavy atom. The number of rotatable bonds is 1. The minimum atomic E-state index is 0.0745. The van der Waals surface area contributed by atoms with Crippen molar-refractivity contribution in [2.75, 3.05) is 19.6 Å². The van der Waals surface area contributed by atoms with Crippen LogP contribution in [0.25, 0.3) is 0 Å². The van der Waals surface area contributed by atoms with Crippen LogP contribution < -0.4 is 5.32 Å². The molecule has 0 unspecified atom stereocenters. The van der Waals surface area contributed by atoms with E-state index in [1.165, 1.54) is 19.3 Å². The van der Waals surface area contributed by atoms with Crippen molar-refractivity contribution in [2.24, 2.45) is 13.0 Å². The van der Waals surface area contributed by atoms with Crippen molar-refractivity contribution in [3.63, 3.8) is 0 Å². The number of likely N-dealkylation sites (tertiary alicyclic amines) is 1. The Kier molecular flexibility index (Phi) is 3.07. The van der Waals surface area contributed by atoms with Crippen molar-refractivity contribution < 1.29 is 4.79 Å². The van der Waals surface area contributed by atoms with E-state index in [4.69, 9.17) is 0 Å². The van der Waals surface area contributed by atoms with Gasteiger partial charge in [-0.1, -0.05) is 6.42 Å². The van der Waals surface area contributed by atoms with Crippen LogP contribution in [0, 0.1) is 5.92 Å². The second-order valence-electron chi connectivity index (χ2n) is 5.40. The molecular weight excluding hydrogens is 228 g/mol. The Morgan fingerprint density at radius 1 is 1.44 bits per heavy atom. The SMILES string of the molecule is Cn1ccc(C(=O)N2C[C@@H]3CCCCN[C@@H]3C2)n1. The predicted molar refractivity (Wildman–Crippen MR) is 68.2 cm³/mol. The van der Waals surface area contributed by atoms with Gasteiger partial charge in [0.2, 0.25) is 0 Å². The van der Waals surface area contributed by atoms with Crippen LogP contribution in [0.3, 0.4) is 0 Å². The van der Waals surface area contributed by atoms with Gasteiger partial charge in [0.15, 0.2) is 0 Å². The summed E-state index contributed by atoms with van der Waals surface area (Å²) >= 11 is 0. The predicted octanol–water partition coefficient (Wildman–Crippen LogP) is 0.634. The molecule has 3 heterocycles. The van der Waals surface area contributed by atoms with E-state index in [1.54, 1.807) is 10.7 Å². The van der Waals surface area contributed by atoms with Gasteiger partial charge in [-0.15, -0.1) is 0 Å². The van der Waals surface area contributed by atoms with E-state index < -0.39 is 0 Å². The quantitative estimate of drug-likeness (QED) is 0.793. The first-order valence-corrected chi connectivity index (χ1v) is 6.76. The Balaban J connectivity index is 1.69. The standard InChI is InChI=1S/C13H20N4O/c1-16-7-5-11(15-16)13(18)17-8-10-4-2-3-6-14-12(10)9-17/h5,7,10,12,14H,2-4,6,8-9H2,1H3/t10-,12+/m0/s1. The van der Waals surface area contributed by atoms with Crippen LogP contribution in [0.15, 0.2) is 12.3 Å².